The highest BCUT2D eigenvalue weighted by Gasteiger charge is 2.29. The molecule has 0 unspecified atom stereocenters. The first kappa shape index (κ1) is 22.8. The van der Waals surface area contributed by atoms with E-state index in [2.05, 4.69) is 5.32 Å². The van der Waals surface area contributed by atoms with Gasteiger partial charge in [-0.1, -0.05) is 6.07 Å². The van der Waals surface area contributed by atoms with E-state index in [1.54, 1.807) is 30.0 Å². The molecule has 0 aromatic heterocycles. The smallest absolute Gasteiger partial charge is 0.225 e. The second-order valence-electron chi connectivity index (χ2n) is 8.21. The second kappa shape index (κ2) is 8.70. The van der Waals surface area contributed by atoms with Crippen molar-refractivity contribution in [2.45, 2.75) is 43.8 Å². The van der Waals surface area contributed by atoms with E-state index in [1.807, 2.05) is 38.1 Å². The lowest BCUT2D eigenvalue weighted by Crippen LogP contribution is -2.26. The van der Waals surface area contributed by atoms with E-state index in [-0.39, 0.29) is 23.1 Å². The normalized spacial score (nSPS) is 14.2. The summed E-state index contributed by atoms with van der Waals surface area (Å²) in [5, 5.41) is 1.92. The van der Waals surface area contributed by atoms with Crippen LogP contribution in [0, 0.1) is 6.92 Å². The zero-order valence-corrected chi connectivity index (χ0v) is 19.4. The van der Waals surface area contributed by atoms with Gasteiger partial charge in [-0.25, -0.2) is 8.42 Å². The summed E-state index contributed by atoms with van der Waals surface area (Å²) in [4.78, 5) is 28.0. The number of carbonyl (C=O) groups excluding carboxylic acids is 2. The van der Waals surface area contributed by atoms with Crippen LogP contribution in [0.5, 0.6) is 0 Å². The standard InChI is InChI=1S/C23H29N3O4S/c1-15-6-7-19(14-22(15)25(4)5)24-23(28)12-16(2)31(29,30)20-8-9-21-18(13-20)10-11-26(21)17(3)27/h6-9,13-14,16H,10-12H2,1-5H3,(H,24,28)/t16-/m1/s1. The highest BCUT2D eigenvalue weighted by Crippen LogP contribution is 2.31. The number of amides is 2. The van der Waals surface area contributed by atoms with Crippen LogP contribution in [0.2, 0.25) is 0 Å². The molecule has 2 aromatic rings. The largest absolute Gasteiger partial charge is 0.377 e. The maximum atomic E-state index is 13.1. The molecule has 0 radical (unpaired) electrons. The number of nitrogens with zero attached hydrogens (tertiary/aromatic N) is 2. The lowest BCUT2D eigenvalue weighted by atomic mass is 10.1. The molecule has 166 valence electrons. The van der Waals surface area contributed by atoms with Gasteiger partial charge in [0, 0.05) is 51.0 Å². The summed E-state index contributed by atoms with van der Waals surface area (Å²) in [6, 6.07) is 10.4. The van der Waals surface area contributed by atoms with Gasteiger partial charge in [0.15, 0.2) is 9.84 Å². The van der Waals surface area contributed by atoms with E-state index in [9.17, 15) is 18.0 Å². The van der Waals surface area contributed by atoms with Gasteiger partial charge in [-0.15, -0.1) is 0 Å². The summed E-state index contributed by atoms with van der Waals surface area (Å²) in [5.74, 6) is -0.415. The number of fused-ring (bicyclic) bond motifs is 1. The molecule has 0 saturated carbocycles. The number of sulfone groups is 1. The van der Waals surface area contributed by atoms with Crippen molar-refractivity contribution < 1.29 is 18.0 Å². The topological polar surface area (TPSA) is 86.8 Å². The van der Waals surface area contributed by atoms with Crippen molar-refractivity contribution in [3.05, 3.63) is 47.5 Å². The van der Waals surface area contributed by atoms with Crippen molar-refractivity contribution >= 4 is 38.7 Å². The Morgan fingerprint density at radius 3 is 2.52 bits per heavy atom. The van der Waals surface area contributed by atoms with Crippen LogP contribution >= 0.6 is 0 Å². The molecule has 0 spiro atoms. The van der Waals surface area contributed by atoms with Crippen molar-refractivity contribution in [2.24, 2.45) is 0 Å². The number of carbonyl (C=O) groups is 2. The third-order valence-electron chi connectivity index (χ3n) is 5.63. The van der Waals surface area contributed by atoms with Crippen LogP contribution in [0.25, 0.3) is 0 Å². The predicted molar refractivity (Wildman–Crippen MR) is 124 cm³/mol. The third-order valence-corrected chi connectivity index (χ3v) is 7.77. The summed E-state index contributed by atoms with van der Waals surface area (Å²) < 4.78 is 26.1. The van der Waals surface area contributed by atoms with E-state index in [0.29, 0.717) is 18.7 Å². The SMILES string of the molecule is CC(=O)N1CCc2cc(S(=O)(=O)[C@H](C)CC(=O)Nc3ccc(C)c(N(C)C)c3)ccc21. The van der Waals surface area contributed by atoms with Crippen LogP contribution in [0.1, 0.15) is 31.4 Å². The molecule has 1 N–H and O–H groups in total. The van der Waals surface area contributed by atoms with E-state index >= 15 is 0 Å². The van der Waals surface area contributed by atoms with E-state index in [4.69, 9.17) is 0 Å². The van der Waals surface area contributed by atoms with Gasteiger partial charge < -0.3 is 15.1 Å². The minimum Gasteiger partial charge on any atom is -0.377 e. The molecule has 2 amide bonds. The van der Waals surface area contributed by atoms with Gasteiger partial charge in [0.25, 0.3) is 0 Å². The van der Waals surface area contributed by atoms with Gasteiger partial charge in [-0.05, 0) is 61.7 Å². The molecule has 1 aliphatic heterocycles. The number of anilines is 3. The number of rotatable bonds is 6. The maximum Gasteiger partial charge on any atom is 0.225 e. The number of benzene rings is 2. The predicted octanol–water partition coefficient (Wildman–Crippen LogP) is 3.16. The van der Waals surface area contributed by atoms with Crippen molar-refractivity contribution in [1.29, 1.82) is 0 Å². The van der Waals surface area contributed by atoms with Crippen molar-refractivity contribution in [3.63, 3.8) is 0 Å². The molecule has 0 saturated heterocycles. The fraction of sp³-hybridized carbons (Fsp3) is 0.391. The molecular formula is C23H29N3O4S. The fourth-order valence-electron chi connectivity index (χ4n) is 3.87. The first-order valence-electron chi connectivity index (χ1n) is 10.2. The van der Waals surface area contributed by atoms with Gasteiger partial charge in [0.1, 0.15) is 0 Å². The molecule has 7 nitrogen and oxygen atoms in total. The Morgan fingerprint density at radius 1 is 1.16 bits per heavy atom. The lowest BCUT2D eigenvalue weighted by Gasteiger charge is -2.18. The molecule has 0 fully saturated rings. The molecular weight excluding hydrogens is 414 g/mol. The summed E-state index contributed by atoms with van der Waals surface area (Å²) in [7, 11) is 0.164. The Bertz CT molecular complexity index is 1130. The number of hydrogen-bond acceptors (Lipinski definition) is 5. The summed E-state index contributed by atoms with van der Waals surface area (Å²) in [6.45, 7) is 5.58. The highest BCUT2D eigenvalue weighted by molar-refractivity contribution is 7.92. The second-order valence-corrected chi connectivity index (χ2v) is 10.6. The monoisotopic (exact) mass is 443 g/mol. The Kier molecular flexibility index (Phi) is 6.40. The molecule has 8 heteroatoms. The summed E-state index contributed by atoms with van der Waals surface area (Å²) >= 11 is 0. The van der Waals surface area contributed by atoms with Crippen LogP contribution in [-0.4, -0.2) is 46.1 Å². The van der Waals surface area contributed by atoms with E-state index < -0.39 is 15.1 Å². The Balaban J connectivity index is 1.73. The first-order chi connectivity index (χ1) is 14.5. The Morgan fingerprint density at radius 2 is 1.87 bits per heavy atom. The summed E-state index contributed by atoms with van der Waals surface area (Å²) in [5.41, 5.74) is 4.29. The maximum absolute atomic E-state index is 13.1. The molecule has 0 aliphatic carbocycles. The highest BCUT2D eigenvalue weighted by atomic mass is 32.2. The summed E-state index contributed by atoms with van der Waals surface area (Å²) in [6.07, 6.45) is 0.471. The first-order valence-corrected chi connectivity index (χ1v) is 11.8. The molecule has 1 atom stereocenters. The Hall–Kier alpha value is -2.87. The number of nitrogens with one attached hydrogen (secondary N) is 1. The number of hydrogen-bond donors (Lipinski definition) is 1. The molecule has 1 heterocycles. The van der Waals surface area contributed by atoms with Gasteiger partial charge in [-0.2, -0.15) is 0 Å². The molecule has 31 heavy (non-hydrogen) atoms. The van der Waals surface area contributed by atoms with Crippen LogP contribution in [0.15, 0.2) is 41.3 Å². The van der Waals surface area contributed by atoms with Crippen LogP contribution in [0.3, 0.4) is 0 Å². The van der Waals surface area contributed by atoms with Crippen molar-refractivity contribution in [3.8, 4) is 0 Å². The third kappa shape index (κ3) is 4.74. The van der Waals surface area contributed by atoms with E-state index in [0.717, 1.165) is 22.5 Å². The zero-order chi connectivity index (χ0) is 22.9. The minimum absolute atomic E-state index is 0.0621. The van der Waals surface area contributed by atoms with Gasteiger partial charge in [0.05, 0.1) is 10.1 Å². The molecule has 1 aliphatic rings. The molecule has 2 aromatic carbocycles. The minimum atomic E-state index is -3.69. The number of aryl methyl sites for hydroxylation is 1. The lowest BCUT2D eigenvalue weighted by molar-refractivity contribution is -0.117. The zero-order valence-electron chi connectivity index (χ0n) is 18.6. The fourth-order valence-corrected chi connectivity index (χ4v) is 5.27. The average Bonchev–Trinajstić information content (AvgIpc) is 3.12. The molecule has 0 bridgehead atoms. The quantitative estimate of drug-likeness (QED) is 0.741. The van der Waals surface area contributed by atoms with Gasteiger partial charge in [-0.3, -0.25) is 9.59 Å². The van der Waals surface area contributed by atoms with Gasteiger partial charge in [0.2, 0.25) is 11.8 Å². The van der Waals surface area contributed by atoms with Crippen LogP contribution < -0.4 is 15.1 Å². The van der Waals surface area contributed by atoms with Crippen LogP contribution in [0.4, 0.5) is 17.1 Å². The van der Waals surface area contributed by atoms with Crippen molar-refractivity contribution in [1.82, 2.24) is 0 Å². The van der Waals surface area contributed by atoms with E-state index in [1.165, 1.54) is 13.0 Å². The Labute approximate surface area is 184 Å². The molecule has 3 rings (SSSR count). The average molecular weight is 444 g/mol. The van der Waals surface area contributed by atoms with Gasteiger partial charge >= 0.3 is 0 Å². The van der Waals surface area contributed by atoms with Crippen LogP contribution in [-0.2, 0) is 25.8 Å². The van der Waals surface area contributed by atoms with Crippen molar-refractivity contribution in [2.75, 3.05) is 35.8 Å².